The average Bonchev–Trinajstić information content (AvgIpc) is 3.30. The molecule has 0 heterocycles. The quantitative estimate of drug-likeness (QED) is 0.618. The van der Waals surface area contributed by atoms with E-state index in [-0.39, 0.29) is 13.2 Å². The molecule has 0 spiro atoms. The maximum atomic E-state index is 9.87. The van der Waals surface area contributed by atoms with Gasteiger partial charge in [0.15, 0.2) is 5.96 Å². The average molecular weight is 332 g/mol. The molecule has 0 radical (unpaired) electrons. The van der Waals surface area contributed by atoms with Crippen LogP contribution < -0.4 is 10.5 Å². The highest BCUT2D eigenvalue weighted by atomic mass is 35.5. The number of halogens is 2. The van der Waals surface area contributed by atoms with Crippen molar-refractivity contribution in [3.63, 3.8) is 0 Å². The second kappa shape index (κ2) is 7.20. The van der Waals surface area contributed by atoms with Crippen LogP contribution in [0, 0.1) is 0 Å². The number of aliphatic hydroxyl groups is 1. The number of benzene rings is 1. The summed E-state index contributed by atoms with van der Waals surface area (Å²) in [6.07, 6.45) is 1.53. The van der Waals surface area contributed by atoms with Crippen molar-refractivity contribution >= 4 is 29.2 Å². The van der Waals surface area contributed by atoms with Crippen molar-refractivity contribution in [2.75, 3.05) is 20.2 Å². The van der Waals surface area contributed by atoms with E-state index >= 15 is 0 Å². The number of hydrogen-bond donors (Lipinski definition) is 2. The first-order valence-electron chi connectivity index (χ1n) is 6.76. The van der Waals surface area contributed by atoms with Crippen LogP contribution in [0.25, 0.3) is 0 Å². The second-order valence-corrected chi connectivity index (χ2v) is 5.84. The van der Waals surface area contributed by atoms with Crippen molar-refractivity contribution in [1.82, 2.24) is 4.90 Å². The first-order valence-corrected chi connectivity index (χ1v) is 7.52. The zero-order valence-corrected chi connectivity index (χ0v) is 13.3. The number of ether oxygens (including phenoxy) is 1. The largest absolute Gasteiger partial charge is 0.489 e. The number of guanidine groups is 1. The van der Waals surface area contributed by atoms with E-state index in [0.29, 0.717) is 27.8 Å². The van der Waals surface area contributed by atoms with Crippen molar-refractivity contribution < 1.29 is 9.84 Å². The molecule has 1 unspecified atom stereocenters. The Morgan fingerprint density at radius 1 is 1.52 bits per heavy atom. The van der Waals surface area contributed by atoms with Crippen LogP contribution in [-0.4, -0.2) is 48.3 Å². The van der Waals surface area contributed by atoms with Crippen LogP contribution >= 0.6 is 23.2 Å². The van der Waals surface area contributed by atoms with Crippen molar-refractivity contribution in [2.24, 2.45) is 10.7 Å². The lowest BCUT2D eigenvalue weighted by Gasteiger charge is -2.18. The summed E-state index contributed by atoms with van der Waals surface area (Å²) in [5.41, 5.74) is 5.84. The Labute approximate surface area is 134 Å². The second-order valence-electron chi connectivity index (χ2n) is 5.06. The SMILES string of the molecule is CN(C(N)=NCC(O)COc1cccc(Cl)c1Cl)C1CC1. The third kappa shape index (κ3) is 4.66. The van der Waals surface area contributed by atoms with E-state index in [0.717, 1.165) is 12.8 Å². The maximum Gasteiger partial charge on any atom is 0.191 e. The van der Waals surface area contributed by atoms with Gasteiger partial charge in [-0.1, -0.05) is 29.3 Å². The summed E-state index contributed by atoms with van der Waals surface area (Å²) >= 11 is 11.9. The Balaban J connectivity index is 1.80. The molecule has 0 bridgehead atoms. The minimum Gasteiger partial charge on any atom is -0.489 e. The first kappa shape index (κ1) is 16.2. The lowest BCUT2D eigenvalue weighted by Crippen LogP contribution is -2.36. The lowest BCUT2D eigenvalue weighted by molar-refractivity contribution is 0.114. The maximum absolute atomic E-state index is 9.87. The Kier molecular flexibility index (Phi) is 5.56. The predicted molar refractivity (Wildman–Crippen MR) is 85.2 cm³/mol. The molecule has 2 rings (SSSR count). The third-order valence-electron chi connectivity index (χ3n) is 3.27. The number of aliphatic imine (C=N–C) groups is 1. The zero-order valence-electron chi connectivity index (χ0n) is 11.8. The molecule has 0 aromatic heterocycles. The van der Waals surface area contributed by atoms with Crippen LogP contribution in [0.15, 0.2) is 23.2 Å². The van der Waals surface area contributed by atoms with Gasteiger partial charge < -0.3 is 20.5 Å². The van der Waals surface area contributed by atoms with E-state index in [9.17, 15) is 5.11 Å². The highest BCUT2D eigenvalue weighted by Crippen LogP contribution is 2.31. The predicted octanol–water partition coefficient (Wildman–Crippen LogP) is 2.14. The van der Waals surface area contributed by atoms with Crippen LogP contribution in [0.1, 0.15) is 12.8 Å². The molecule has 1 aliphatic rings. The minimum absolute atomic E-state index is 0.0734. The summed E-state index contributed by atoms with van der Waals surface area (Å²) in [4.78, 5) is 6.10. The Bertz CT molecular complexity index is 521. The summed E-state index contributed by atoms with van der Waals surface area (Å²) in [5.74, 6) is 0.882. The molecule has 1 aromatic rings. The zero-order chi connectivity index (χ0) is 15.4. The number of rotatable bonds is 6. The van der Waals surface area contributed by atoms with E-state index in [1.165, 1.54) is 0 Å². The molecule has 0 aliphatic heterocycles. The summed E-state index contributed by atoms with van der Waals surface area (Å²) in [6.45, 7) is 0.255. The highest BCUT2D eigenvalue weighted by Gasteiger charge is 2.27. The Hall–Kier alpha value is -1.17. The molecule has 3 N–H and O–H groups in total. The number of aliphatic hydroxyl groups excluding tert-OH is 1. The molecule has 21 heavy (non-hydrogen) atoms. The fraction of sp³-hybridized carbons (Fsp3) is 0.500. The molecular formula is C14H19Cl2N3O2. The highest BCUT2D eigenvalue weighted by molar-refractivity contribution is 6.42. The molecule has 1 aliphatic carbocycles. The topological polar surface area (TPSA) is 71.1 Å². The van der Waals surface area contributed by atoms with E-state index in [1.807, 2.05) is 11.9 Å². The Morgan fingerprint density at radius 3 is 2.90 bits per heavy atom. The van der Waals surface area contributed by atoms with Gasteiger partial charge in [0.25, 0.3) is 0 Å². The molecule has 116 valence electrons. The molecule has 1 saturated carbocycles. The van der Waals surface area contributed by atoms with Crippen LogP contribution in [0.5, 0.6) is 5.75 Å². The van der Waals surface area contributed by atoms with E-state index in [1.54, 1.807) is 18.2 Å². The van der Waals surface area contributed by atoms with Gasteiger partial charge in [0.1, 0.15) is 23.5 Å². The fourth-order valence-corrected chi connectivity index (χ4v) is 2.14. The number of nitrogens with two attached hydrogens (primary N) is 1. The summed E-state index contributed by atoms with van der Waals surface area (Å²) in [7, 11) is 1.91. The lowest BCUT2D eigenvalue weighted by atomic mass is 10.3. The first-order chi connectivity index (χ1) is 9.99. The monoisotopic (exact) mass is 331 g/mol. The normalized spacial score (nSPS) is 16.7. The van der Waals surface area contributed by atoms with Gasteiger partial charge in [-0.3, -0.25) is 4.99 Å². The van der Waals surface area contributed by atoms with Crippen molar-refractivity contribution in [2.45, 2.75) is 25.0 Å². The van der Waals surface area contributed by atoms with Crippen LogP contribution in [-0.2, 0) is 0 Å². The summed E-state index contributed by atoms with van der Waals surface area (Å²) in [5, 5.41) is 10.6. The van der Waals surface area contributed by atoms with Crippen LogP contribution in [0.4, 0.5) is 0 Å². The molecule has 0 amide bonds. The van der Waals surface area contributed by atoms with Gasteiger partial charge in [0.2, 0.25) is 0 Å². The molecule has 7 heteroatoms. The van der Waals surface area contributed by atoms with Crippen LogP contribution in [0.2, 0.25) is 10.0 Å². The van der Waals surface area contributed by atoms with Gasteiger partial charge in [0, 0.05) is 13.1 Å². The summed E-state index contributed by atoms with van der Waals surface area (Å²) in [6, 6.07) is 5.59. The standard InChI is InChI=1S/C14H19Cl2N3O2/c1-19(9-5-6-9)14(17)18-7-10(20)8-21-12-4-2-3-11(15)13(12)16/h2-4,9-10,20H,5-8H2,1H3,(H2,17,18). The van der Waals surface area contributed by atoms with Gasteiger partial charge in [0.05, 0.1) is 11.6 Å². The number of hydrogen-bond acceptors (Lipinski definition) is 3. The van der Waals surface area contributed by atoms with Gasteiger partial charge in [-0.25, -0.2) is 0 Å². The molecule has 1 fully saturated rings. The Morgan fingerprint density at radius 2 is 2.24 bits per heavy atom. The molecule has 1 atom stereocenters. The van der Waals surface area contributed by atoms with E-state index in [4.69, 9.17) is 33.7 Å². The van der Waals surface area contributed by atoms with Crippen LogP contribution in [0.3, 0.4) is 0 Å². The van der Waals surface area contributed by atoms with Gasteiger partial charge in [-0.05, 0) is 25.0 Å². The smallest absolute Gasteiger partial charge is 0.191 e. The summed E-state index contributed by atoms with van der Waals surface area (Å²) < 4.78 is 5.44. The van der Waals surface area contributed by atoms with Gasteiger partial charge >= 0.3 is 0 Å². The molecule has 0 saturated heterocycles. The van der Waals surface area contributed by atoms with Gasteiger partial charge in [-0.15, -0.1) is 0 Å². The van der Waals surface area contributed by atoms with Crippen molar-refractivity contribution in [3.05, 3.63) is 28.2 Å². The number of nitrogens with zero attached hydrogens (tertiary/aromatic N) is 2. The molecular weight excluding hydrogens is 313 g/mol. The minimum atomic E-state index is -0.758. The molecule has 1 aromatic carbocycles. The fourth-order valence-electron chi connectivity index (χ4n) is 1.79. The van der Waals surface area contributed by atoms with Gasteiger partial charge in [-0.2, -0.15) is 0 Å². The van der Waals surface area contributed by atoms with E-state index in [2.05, 4.69) is 4.99 Å². The third-order valence-corrected chi connectivity index (χ3v) is 4.07. The van der Waals surface area contributed by atoms with E-state index < -0.39 is 6.10 Å². The van der Waals surface area contributed by atoms with Crippen molar-refractivity contribution in [3.8, 4) is 5.75 Å². The molecule has 5 nitrogen and oxygen atoms in total. The van der Waals surface area contributed by atoms with Crippen molar-refractivity contribution in [1.29, 1.82) is 0 Å².